The zero-order valence-corrected chi connectivity index (χ0v) is 19.6. The summed E-state index contributed by atoms with van der Waals surface area (Å²) in [4.78, 5) is 24.2. The highest BCUT2D eigenvalue weighted by Crippen LogP contribution is 2.29. The smallest absolute Gasteiger partial charge is 0.268 e. The molecule has 1 amide bonds. The molecule has 0 N–H and O–H groups in total. The average Bonchev–Trinajstić information content (AvgIpc) is 2.79. The first-order valence-corrected chi connectivity index (χ1v) is 12.1. The number of hydrogen-bond donors (Lipinski definition) is 0. The molecule has 0 fully saturated rings. The number of rotatable bonds is 8. The molecule has 3 rings (SSSR count). The van der Waals surface area contributed by atoms with Crippen molar-refractivity contribution in [2.75, 3.05) is 4.31 Å². The van der Waals surface area contributed by atoms with Crippen molar-refractivity contribution in [3.8, 4) is 0 Å². The van der Waals surface area contributed by atoms with Crippen LogP contribution in [0.15, 0.2) is 71.6 Å². The predicted octanol–water partition coefficient (Wildman–Crippen LogP) is 5.59. The largest absolute Gasteiger partial charge is 0.273 e. The Hall–Kier alpha value is -3.52. The lowest BCUT2D eigenvalue weighted by Crippen LogP contribution is -2.37. The first-order chi connectivity index (χ1) is 15.6. The van der Waals surface area contributed by atoms with E-state index in [1.54, 1.807) is 43.3 Å². The van der Waals surface area contributed by atoms with Crippen molar-refractivity contribution >= 4 is 27.3 Å². The highest BCUT2D eigenvalue weighted by Gasteiger charge is 2.32. The van der Waals surface area contributed by atoms with Crippen LogP contribution in [-0.2, 0) is 16.4 Å². The fourth-order valence-corrected chi connectivity index (χ4v) is 4.83. The lowest BCUT2D eigenvalue weighted by molar-refractivity contribution is -0.385. The van der Waals surface area contributed by atoms with Crippen molar-refractivity contribution in [2.45, 2.75) is 44.9 Å². The molecule has 0 spiro atoms. The number of carbonyl (C=O) groups excluding carboxylic acids is 1. The maximum Gasteiger partial charge on any atom is 0.273 e. The van der Waals surface area contributed by atoms with E-state index >= 15 is 0 Å². The van der Waals surface area contributed by atoms with Crippen LogP contribution in [0.3, 0.4) is 0 Å². The van der Waals surface area contributed by atoms with Crippen molar-refractivity contribution in [3.63, 3.8) is 0 Å². The number of aryl methyl sites for hydroxylation is 3. The molecular weight excluding hydrogens is 440 g/mol. The molecule has 0 aliphatic heterocycles. The second-order valence-corrected chi connectivity index (χ2v) is 9.70. The molecular formula is C25H26N2O5S. The number of unbranched alkanes of at least 4 members (excludes halogenated alkanes) is 1. The standard InChI is InChI=1S/C25H26N2O5S/c1-4-5-6-20-10-13-22(14-11-20)26(33(31,32)23-15-7-18(2)8-16-23)25(28)21-12-9-19(3)24(17-21)27(29)30/h7-17H,4-6H2,1-3H3. The van der Waals surface area contributed by atoms with Crippen LogP contribution in [0.2, 0.25) is 0 Å². The molecule has 0 heterocycles. The quantitative estimate of drug-likeness (QED) is 0.318. The monoisotopic (exact) mass is 466 g/mol. The third-order valence-electron chi connectivity index (χ3n) is 5.39. The molecule has 0 aromatic heterocycles. The number of nitrogens with zero attached hydrogens (tertiary/aromatic N) is 2. The van der Waals surface area contributed by atoms with E-state index < -0.39 is 20.9 Å². The van der Waals surface area contributed by atoms with E-state index in [0.29, 0.717) is 5.56 Å². The highest BCUT2D eigenvalue weighted by molar-refractivity contribution is 7.93. The van der Waals surface area contributed by atoms with E-state index in [1.165, 1.54) is 24.3 Å². The molecule has 172 valence electrons. The topological polar surface area (TPSA) is 97.6 Å². The average molecular weight is 467 g/mol. The first kappa shape index (κ1) is 24.1. The fourth-order valence-electron chi connectivity index (χ4n) is 3.42. The number of nitro groups is 1. The Morgan fingerprint density at radius 2 is 1.61 bits per heavy atom. The number of carbonyl (C=O) groups is 1. The van der Waals surface area contributed by atoms with Crippen LogP contribution in [0.25, 0.3) is 0 Å². The summed E-state index contributed by atoms with van der Waals surface area (Å²) in [5, 5.41) is 11.4. The van der Waals surface area contributed by atoms with Gasteiger partial charge in [0.2, 0.25) is 0 Å². The van der Waals surface area contributed by atoms with Crippen molar-refractivity contribution in [2.24, 2.45) is 0 Å². The SMILES string of the molecule is CCCCc1ccc(N(C(=O)c2ccc(C)c([N+](=O)[O-])c2)S(=O)(=O)c2ccc(C)cc2)cc1. The first-order valence-electron chi connectivity index (χ1n) is 10.7. The minimum Gasteiger partial charge on any atom is -0.268 e. The van der Waals surface area contributed by atoms with Crippen molar-refractivity contribution < 1.29 is 18.1 Å². The summed E-state index contributed by atoms with van der Waals surface area (Å²) in [7, 11) is -4.28. The molecule has 3 aromatic carbocycles. The number of sulfonamides is 1. The van der Waals surface area contributed by atoms with Gasteiger partial charge >= 0.3 is 0 Å². The normalized spacial score (nSPS) is 11.2. The Morgan fingerprint density at radius 3 is 2.18 bits per heavy atom. The zero-order valence-electron chi connectivity index (χ0n) is 18.8. The molecule has 7 nitrogen and oxygen atoms in total. The Balaban J connectivity index is 2.13. The molecule has 0 atom stereocenters. The van der Waals surface area contributed by atoms with Gasteiger partial charge in [-0.2, -0.15) is 4.31 Å². The van der Waals surface area contributed by atoms with E-state index in [4.69, 9.17) is 0 Å². The van der Waals surface area contributed by atoms with Gasteiger partial charge < -0.3 is 0 Å². The Labute approximate surface area is 193 Å². The van der Waals surface area contributed by atoms with Crippen molar-refractivity contribution in [1.29, 1.82) is 0 Å². The van der Waals surface area contributed by atoms with Crippen LogP contribution < -0.4 is 4.31 Å². The van der Waals surface area contributed by atoms with Crippen LogP contribution in [-0.4, -0.2) is 19.2 Å². The lowest BCUT2D eigenvalue weighted by atomic mass is 10.1. The fraction of sp³-hybridized carbons (Fsp3) is 0.240. The maximum atomic E-state index is 13.6. The van der Waals surface area contributed by atoms with Crippen LogP contribution in [0.4, 0.5) is 11.4 Å². The summed E-state index contributed by atoms with van der Waals surface area (Å²) in [6.45, 7) is 5.48. The summed E-state index contributed by atoms with van der Waals surface area (Å²) < 4.78 is 27.9. The third-order valence-corrected chi connectivity index (χ3v) is 7.11. The second-order valence-electron chi connectivity index (χ2n) is 7.92. The molecule has 0 aliphatic rings. The van der Waals surface area contributed by atoms with E-state index in [2.05, 4.69) is 6.92 Å². The molecule has 33 heavy (non-hydrogen) atoms. The van der Waals surface area contributed by atoms with Crippen molar-refractivity contribution in [1.82, 2.24) is 0 Å². The maximum absolute atomic E-state index is 13.6. The Bertz CT molecular complexity index is 1270. The molecule has 0 aliphatic carbocycles. The van der Waals surface area contributed by atoms with Gasteiger partial charge in [-0.05, 0) is 62.6 Å². The number of benzene rings is 3. The van der Waals surface area contributed by atoms with Gasteiger partial charge in [0.05, 0.1) is 15.5 Å². The molecule has 3 aromatic rings. The zero-order chi connectivity index (χ0) is 24.2. The second kappa shape index (κ2) is 9.95. The van der Waals surface area contributed by atoms with Gasteiger partial charge in [-0.3, -0.25) is 14.9 Å². The third kappa shape index (κ3) is 5.28. The van der Waals surface area contributed by atoms with Gasteiger partial charge in [0.1, 0.15) is 0 Å². The van der Waals surface area contributed by atoms with E-state index in [0.717, 1.165) is 40.8 Å². The van der Waals surface area contributed by atoms with Gasteiger partial charge in [0.25, 0.3) is 21.6 Å². The van der Waals surface area contributed by atoms with Crippen LogP contribution in [0.1, 0.15) is 46.8 Å². The number of amides is 1. The molecule has 0 bridgehead atoms. The molecule has 0 radical (unpaired) electrons. The van der Waals surface area contributed by atoms with Gasteiger partial charge in [-0.25, -0.2) is 8.42 Å². The summed E-state index contributed by atoms with van der Waals surface area (Å²) in [6.07, 6.45) is 2.87. The van der Waals surface area contributed by atoms with Crippen LogP contribution >= 0.6 is 0 Å². The van der Waals surface area contributed by atoms with E-state index in [1.807, 2.05) is 6.92 Å². The molecule has 8 heteroatoms. The van der Waals surface area contributed by atoms with Gasteiger partial charge in [0, 0.05) is 17.2 Å². The van der Waals surface area contributed by atoms with E-state index in [-0.39, 0.29) is 21.8 Å². The summed E-state index contributed by atoms with van der Waals surface area (Å²) >= 11 is 0. The van der Waals surface area contributed by atoms with Crippen LogP contribution in [0.5, 0.6) is 0 Å². The summed E-state index contributed by atoms with van der Waals surface area (Å²) in [5.41, 5.74) is 2.13. The minimum absolute atomic E-state index is 0.0434. The molecule has 0 saturated carbocycles. The Kier molecular flexibility index (Phi) is 7.28. The van der Waals surface area contributed by atoms with Crippen molar-refractivity contribution in [3.05, 3.63) is 99.1 Å². The van der Waals surface area contributed by atoms with Gasteiger partial charge in [0.15, 0.2) is 0 Å². The Morgan fingerprint density at radius 1 is 0.970 bits per heavy atom. The number of nitro benzene ring substituents is 1. The van der Waals surface area contributed by atoms with Gasteiger partial charge in [-0.1, -0.05) is 49.2 Å². The molecule has 0 unspecified atom stereocenters. The minimum atomic E-state index is -4.28. The van der Waals surface area contributed by atoms with E-state index in [9.17, 15) is 23.3 Å². The molecule has 0 saturated heterocycles. The summed E-state index contributed by atoms with van der Waals surface area (Å²) in [5.74, 6) is -0.861. The summed E-state index contributed by atoms with van der Waals surface area (Å²) in [6, 6.07) is 16.9. The predicted molar refractivity (Wildman–Crippen MR) is 128 cm³/mol. The number of anilines is 1. The highest BCUT2D eigenvalue weighted by atomic mass is 32.2. The van der Waals surface area contributed by atoms with Crippen LogP contribution in [0, 0.1) is 24.0 Å². The van der Waals surface area contributed by atoms with Gasteiger partial charge in [-0.15, -0.1) is 0 Å². The number of hydrogen-bond acceptors (Lipinski definition) is 5. The lowest BCUT2D eigenvalue weighted by Gasteiger charge is -2.23.